The fourth-order valence-corrected chi connectivity index (χ4v) is 5.39. The lowest BCUT2D eigenvalue weighted by atomic mass is 9.78. The monoisotopic (exact) mass is 428 g/mol. The highest BCUT2D eigenvalue weighted by atomic mass is 16.1. The number of nitrogens with zero attached hydrogens (tertiary/aromatic N) is 4. The summed E-state index contributed by atoms with van der Waals surface area (Å²) in [7, 11) is 0. The third kappa shape index (κ3) is 5.85. The number of piperazine rings is 1. The number of carbonyl (C=O) groups excluding carboxylic acids is 1. The second-order valence-corrected chi connectivity index (χ2v) is 10.4. The second kappa shape index (κ2) is 10.9. The highest BCUT2D eigenvalue weighted by Gasteiger charge is 2.35. The van der Waals surface area contributed by atoms with Gasteiger partial charge in [-0.3, -0.25) is 9.69 Å². The normalized spacial score (nSPS) is 27.8. The minimum atomic E-state index is 0.159. The molecule has 1 aromatic heterocycles. The average Bonchev–Trinajstić information content (AvgIpc) is 2.78. The highest BCUT2D eigenvalue weighted by molar-refractivity contribution is 5.80. The molecule has 2 atom stereocenters. The summed E-state index contributed by atoms with van der Waals surface area (Å²) in [4.78, 5) is 27.2. The van der Waals surface area contributed by atoms with Crippen LogP contribution in [0.5, 0.6) is 0 Å². The van der Waals surface area contributed by atoms with Crippen molar-refractivity contribution < 1.29 is 4.79 Å². The standard InChI is InChI=1S/C26H44N4O/c1-7-22-16-29(19(5)6)17-23(8-2)30(22)25-13-14-27-26(28-25)21-11-9-20(10-12-21)15-24(31)18(3)4/h13-14,18-23H,7-12,15-17H2,1-6H3/t20-,21+,22?,23?. The third-order valence-electron chi connectivity index (χ3n) is 7.62. The lowest BCUT2D eigenvalue weighted by Gasteiger charge is -2.48. The van der Waals surface area contributed by atoms with E-state index in [2.05, 4.69) is 43.6 Å². The smallest absolute Gasteiger partial charge is 0.135 e. The number of hydrogen-bond donors (Lipinski definition) is 0. The van der Waals surface area contributed by atoms with Gasteiger partial charge in [-0.1, -0.05) is 27.7 Å². The Morgan fingerprint density at radius 2 is 1.65 bits per heavy atom. The summed E-state index contributed by atoms with van der Waals surface area (Å²) in [5.41, 5.74) is 0. The molecule has 2 unspecified atom stereocenters. The van der Waals surface area contributed by atoms with Crippen LogP contribution in [-0.4, -0.2) is 51.9 Å². The Kier molecular flexibility index (Phi) is 8.49. The molecule has 31 heavy (non-hydrogen) atoms. The Labute approximate surface area is 190 Å². The lowest BCUT2D eigenvalue weighted by molar-refractivity contribution is -0.123. The van der Waals surface area contributed by atoms with Crippen LogP contribution in [0.3, 0.4) is 0 Å². The summed E-state index contributed by atoms with van der Waals surface area (Å²) < 4.78 is 0. The molecule has 0 N–H and O–H groups in total. The van der Waals surface area contributed by atoms with Crippen LogP contribution in [0, 0.1) is 11.8 Å². The van der Waals surface area contributed by atoms with E-state index in [-0.39, 0.29) is 5.92 Å². The SMILES string of the molecule is CCC1CN(C(C)C)CC(CC)N1c1ccnc([C@H]2CC[C@@H](CC(=O)C(C)C)CC2)n1. The van der Waals surface area contributed by atoms with Crippen molar-refractivity contribution >= 4 is 11.6 Å². The summed E-state index contributed by atoms with van der Waals surface area (Å²) in [6, 6.07) is 3.71. The zero-order valence-corrected chi connectivity index (χ0v) is 20.7. The zero-order chi connectivity index (χ0) is 22.5. The van der Waals surface area contributed by atoms with Crippen LogP contribution in [0.2, 0.25) is 0 Å². The summed E-state index contributed by atoms with van der Waals surface area (Å²) in [6.45, 7) is 15.5. The number of Topliss-reactive ketones (excluding diaryl/α,β-unsaturated/α-hetero) is 1. The van der Waals surface area contributed by atoms with E-state index in [1.54, 1.807) is 0 Å². The van der Waals surface area contributed by atoms with Crippen LogP contribution in [0.1, 0.15) is 98.2 Å². The van der Waals surface area contributed by atoms with Crippen LogP contribution in [0.25, 0.3) is 0 Å². The third-order valence-corrected chi connectivity index (χ3v) is 7.62. The fraction of sp³-hybridized carbons (Fsp3) is 0.808. The second-order valence-electron chi connectivity index (χ2n) is 10.4. The number of rotatable bonds is 8. The summed E-state index contributed by atoms with van der Waals surface area (Å²) in [5.74, 6) is 3.69. The molecule has 5 nitrogen and oxygen atoms in total. The van der Waals surface area contributed by atoms with Gasteiger partial charge >= 0.3 is 0 Å². The molecule has 0 spiro atoms. The van der Waals surface area contributed by atoms with Gasteiger partial charge in [-0.25, -0.2) is 9.97 Å². The van der Waals surface area contributed by atoms with Crippen molar-refractivity contribution in [2.75, 3.05) is 18.0 Å². The van der Waals surface area contributed by atoms with Gasteiger partial charge in [-0.15, -0.1) is 0 Å². The Morgan fingerprint density at radius 1 is 1.03 bits per heavy atom. The Balaban J connectivity index is 1.70. The molecular weight excluding hydrogens is 384 g/mol. The largest absolute Gasteiger partial charge is 0.348 e. The summed E-state index contributed by atoms with van der Waals surface area (Å²) in [6.07, 6.45) is 9.45. The van der Waals surface area contributed by atoms with Crippen molar-refractivity contribution in [3.8, 4) is 0 Å². The molecule has 2 heterocycles. The quantitative estimate of drug-likeness (QED) is 0.551. The number of ketones is 1. The molecule has 1 saturated heterocycles. The molecule has 0 radical (unpaired) electrons. The van der Waals surface area contributed by atoms with Gasteiger partial charge in [-0.05, 0) is 64.4 Å². The van der Waals surface area contributed by atoms with Gasteiger partial charge < -0.3 is 4.90 Å². The maximum absolute atomic E-state index is 12.1. The van der Waals surface area contributed by atoms with Crippen molar-refractivity contribution in [2.45, 2.75) is 111 Å². The maximum Gasteiger partial charge on any atom is 0.135 e. The first kappa shape index (κ1) is 24.2. The minimum absolute atomic E-state index is 0.159. The first-order chi connectivity index (χ1) is 14.8. The van der Waals surface area contributed by atoms with Crippen LogP contribution in [-0.2, 0) is 4.79 Å². The Morgan fingerprint density at radius 3 is 2.16 bits per heavy atom. The number of anilines is 1. The molecule has 1 saturated carbocycles. The summed E-state index contributed by atoms with van der Waals surface area (Å²) >= 11 is 0. The zero-order valence-electron chi connectivity index (χ0n) is 20.7. The van der Waals surface area contributed by atoms with Crippen LogP contribution < -0.4 is 4.90 Å². The molecular formula is C26H44N4O. The van der Waals surface area contributed by atoms with Gasteiger partial charge in [-0.2, -0.15) is 0 Å². The van der Waals surface area contributed by atoms with E-state index in [4.69, 9.17) is 9.97 Å². The first-order valence-corrected chi connectivity index (χ1v) is 12.7. The minimum Gasteiger partial charge on any atom is -0.348 e. The van der Waals surface area contributed by atoms with Crippen molar-refractivity contribution in [1.29, 1.82) is 0 Å². The van der Waals surface area contributed by atoms with Crippen LogP contribution in [0.15, 0.2) is 12.3 Å². The molecule has 1 aliphatic heterocycles. The van der Waals surface area contributed by atoms with E-state index in [9.17, 15) is 4.79 Å². The molecule has 0 amide bonds. The number of aromatic nitrogens is 2. The van der Waals surface area contributed by atoms with Crippen molar-refractivity contribution in [2.24, 2.45) is 11.8 Å². The lowest BCUT2D eigenvalue weighted by Crippen LogP contribution is -2.60. The van der Waals surface area contributed by atoms with E-state index in [1.165, 1.54) is 0 Å². The maximum atomic E-state index is 12.1. The van der Waals surface area contributed by atoms with E-state index < -0.39 is 0 Å². The first-order valence-electron chi connectivity index (χ1n) is 12.7. The molecule has 3 rings (SSSR count). The molecule has 0 aromatic carbocycles. The molecule has 1 aliphatic carbocycles. The van der Waals surface area contributed by atoms with Crippen LogP contribution >= 0.6 is 0 Å². The predicted molar refractivity (Wildman–Crippen MR) is 129 cm³/mol. The molecule has 2 aliphatic rings. The van der Waals surface area contributed by atoms with Gasteiger partial charge in [0.2, 0.25) is 0 Å². The molecule has 1 aromatic rings. The number of carbonyl (C=O) groups is 1. The number of hydrogen-bond acceptors (Lipinski definition) is 5. The topological polar surface area (TPSA) is 49.3 Å². The van der Waals surface area contributed by atoms with Crippen LogP contribution in [0.4, 0.5) is 5.82 Å². The molecule has 174 valence electrons. The fourth-order valence-electron chi connectivity index (χ4n) is 5.39. The molecule has 2 fully saturated rings. The van der Waals surface area contributed by atoms with E-state index in [0.717, 1.165) is 69.7 Å². The average molecular weight is 429 g/mol. The summed E-state index contributed by atoms with van der Waals surface area (Å²) in [5, 5.41) is 0. The van der Waals surface area contributed by atoms with Crippen molar-refractivity contribution in [3.63, 3.8) is 0 Å². The van der Waals surface area contributed by atoms with Gasteiger partial charge in [0.05, 0.1) is 0 Å². The Bertz CT molecular complexity index is 697. The van der Waals surface area contributed by atoms with E-state index in [0.29, 0.717) is 35.7 Å². The van der Waals surface area contributed by atoms with Gasteiger partial charge in [0.15, 0.2) is 0 Å². The van der Waals surface area contributed by atoms with Crippen molar-refractivity contribution in [3.05, 3.63) is 18.1 Å². The molecule has 0 bridgehead atoms. The Hall–Kier alpha value is -1.49. The van der Waals surface area contributed by atoms with Gasteiger partial charge in [0, 0.05) is 55.7 Å². The molecule has 5 heteroatoms. The van der Waals surface area contributed by atoms with E-state index in [1.807, 2.05) is 20.0 Å². The van der Waals surface area contributed by atoms with E-state index >= 15 is 0 Å². The van der Waals surface area contributed by atoms with Crippen molar-refractivity contribution in [1.82, 2.24) is 14.9 Å². The van der Waals surface area contributed by atoms with Gasteiger partial charge in [0.25, 0.3) is 0 Å². The van der Waals surface area contributed by atoms with Gasteiger partial charge in [0.1, 0.15) is 17.4 Å². The predicted octanol–water partition coefficient (Wildman–Crippen LogP) is 5.45. The highest BCUT2D eigenvalue weighted by Crippen LogP contribution is 2.37.